The molecule has 0 saturated heterocycles. The van der Waals surface area contributed by atoms with Crippen LogP contribution in [0.2, 0.25) is 0 Å². The number of aromatic nitrogens is 4. The van der Waals surface area contributed by atoms with Gasteiger partial charge < -0.3 is 23.9 Å². The monoisotopic (exact) mass is 557 g/mol. The Morgan fingerprint density at radius 3 is 1.98 bits per heavy atom. The standard InChI is InChI=1S/C31H35N5O5/c1-19-35-36-28(38-19)27-32-17-26(18-33-27)40-24-13-9-21(10-14-24)31(5,6)20-7-11-23(12-8-20)39-25-15-22(16-25)34-29(37)41-30(2,3)4/h7-14,17-18,22,25H,15-16H2,1-6H3,(H,34,37)/t22-,25-. The van der Waals surface area contributed by atoms with Crippen LogP contribution in [0.25, 0.3) is 11.7 Å². The van der Waals surface area contributed by atoms with Crippen molar-refractivity contribution in [2.24, 2.45) is 0 Å². The number of benzene rings is 2. The van der Waals surface area contributed by atoms with Gasteiger partial charge in [-0.1, -0.05) is 38.1 Å². The highest BCUT2D eigenvalue weighted by Crippen LogP contribution is 2.35. The molecule has 0 spiro atoms. The van der Waals surface area contributed by atoms with Crippen molar-refractivity contribution in [2.75, 3.05) is 0 Å². The number of nitrogens with one attached hydrogen (secondary N) is 1. The van der Waals surface area contributed by atoms with E-state index in [1.807, 2.05) is 45.0 Å². The van der Waals surface area contributed by atoms with Crippen molar-refractivity contribution in [1.29, 1.82) is 0 Å². The molecule has 1 aliphatic rings. The van der Waals surface area contributed by atoms with Gasteiger partial charge in [-0.15, -0.1) is 10.2 Å². The maximum atomic E-state index is 11.9. The van der Waals surface area contributed by atoms with Gasteiger partial charge >= 0.3 is 6.09 Å². The molecule has 1 saturated carbocycles. The Balaban J connectivity index is 1.13. The summed E-state index contributed by atoms with van der Waals surface area (Å²) >= 11 is 0. The average Bonchev–Trinajstić information content (AvgIpc) is 3.33. The summed E-state index contributed by atoms with van der Waals surface area (Å²) in [5, 5.41) is 10.6. The van der Waals surface area contributed by atoms with Crippen molar-refractivity contribution in [3.8, 4) is 29.0 Å². The number of alkyl carbamates (subject to hydrolysis) is 1. The fourth-order valence-electron chi connectivity index (χ4n) is 4.51. The maximum Gasteiger partial charge on any atom is 0.407 e. The Kier molecular flexibility index (Phi) is 7.66. The highest BCUT2D eigenvalue weighted by Gasteiger charge is 2.33. The second kappa shape index (κ2) is 11.2. The predicted molar refractivity (Wildman–Crippen MR) is 152 cm³/mol. The number of ether oxygens (including phenoxy) is 3. The molecule has 1 N–H and O–H groups in total. The van der Waals surface area contributed by atoms with Gasteiger partial charge in [0.25, 0.3) is 5.89 Å². The molecule has 0 radical (unpaired) electrons. The molecule has 2 aromatic carbocycles. The van der Waals surface area contributed by atoms with Crippen molar-refractivity contribution >= 4 is 6.09 Å². The number of carbonyl (C=O) groups is 1. The molecule has 0 aliphatic heterocycles. The first kappa shape index (κ1) is 28.1. The first-order chi connectivity index (χ1) is 19.4. The minimum Gasteiger partial charge on any atom is -0.490 e. The molecule has 10 nitrogen and oxygen atoms in total. The van der Waals surface area contributed by atoms with Gasteiger partial charge in [-0.2, -0.15) is 0 Å². The van der Waals surface area contributed by atoms with E-state index in [0.717, 1.165) is 29.7 Å². The molecule has 214 valence electrons. The summed E-state index contributed by atoms with van der Waals surface area (Å²) in [6.07, 6.45) is 4.36. The Morgan fingerprint density at radius 2 is 1.44 bits per heavy atom. The Bertz CT molecular complexity index is 1470. The van der Waals surface area contributed by atoms with Gasteiger partial charge in [-0.05, 0) is 56.2 Å². The lowest BCUT2D eigenvalue weighted by molar-refractivity contribution is 0.0363. The fourth-order valence-corrected chi connectivity index (χ4v) is 4.51. The van der Waals surface area contributed by atoms with Crippen molar-refractivity contribution < 1.29 is 23.4 Å². The van der Waals surface area contributed by atoms with Crippen LogP contribution in [0, 0.1) is 6.92 Å². The Morgan fingerprint density at radius 1 is 0.854 bits per heavy atom. The van der Waals surface area contributed by atoms with Gasteiger partial charge in [0, 0.05) is 31.2 Å². The van der Waals surface area contributed by atoms with Crippen LogP contribution >= 0.6 is 0 Å². The SMILES string of the molecule is Cc1nnc(-c2ncc(Oc3ccc(C(C)(C)c4ccc(O[C@H]5C[C@H](NC(=O)OC(C)(C)C)C5)cc4)cc3)cn2)o1. The quantitative estimate of drug-likeness (QED) is 0.263. The van der Waals surface area contributed by atoms with E-state index in [1.165, 1.54) is 0 Å². The second-order valence-corrected chi connectivity index (χ2v) is 11.7. The Labute approximate surface area is 239 Å². The van der Waals surface area contributed by atoms with Crippen molar-refractivity contribution in [2.45, 2.75) is 77.5 Å². The molecule has 2 heterocycles. The van der Waals surface area contributed by atoms with Gasteiger partial charge in [0.2, 0.25) is 11.7 Å². The number of aryl methyl sites for hydroxylation is 1. The highest BCUT2D eigenvalue weighted by atomic mass is 16.6. The van der Waals surface area contributed by atoms with Crippen molar-refractivity contribution in [3.63, 3.8) is 0 Å². The molecular weight excluding hydrogens is 522 g/mol. The van der Waals surface area contributed by atoms with Crippen LogP contribution in [0.3, 0.4) is 0 Å². The van der Waals surface area contributed by atoms with Crippen LogP contribution in [-0.2, 0) is 10.2 Å². The van der Waals surface area contributed by atoms with Gasteiger partial charge in [0.15, 0.2) is 5.75 Å². The molecule has 0 atom stereocenters. The van der Waals surface area contributed by atoms with Gasteiger partial charge in [0.1, 0.15) is 23.2 Å². The maximum absolute atomic E-state index is 11.9. The molecule has 0 unspecified atom stereocenters. The molecule has 5 rings (SSSR count). The summed E-state index contributed by atoms with van der Waals surface area (Å²) in [5.41, 5.74) is 1.57. The van der Waals surface area contributed by atoms with E-state index in [4.69, 9.17) is 18.6 Å². The summed E-state index contributed by atoms with van der Waals surface area (Å²) in [4.78, 5) is 20.4. The first-order valence-corrected chi connectivity index (χ1v) is 13.6. The number of hydrogen-bond donors (Lipinski definition) is 1. The number of carbonyl (C=O) groups excluding carboxylic acids is 1. The third-order valence-electron chi connectivity index (χ3n) is 6.85. The van der Waals surface area contributed by atoms with Gasteiger partial charge in [0.05, 0.1) is 12.4 Å². The van der Waals surface area contributed by atoms with Crippen LogP contribution < -0.4 is 14.8 Å². The number of hydrogen-bond acceptors (Lipinski definition) is 9. The van der Waals surface area contributed by atoms with Gasteiger partial charge in [-0.25, -0.2) is 14.8 Å². The molecule has 41 heavy (non-hydrogen) atoms. The summed E-state index contributed by atoms with van der Waals surface area (Å²) < 4.78 is 22.7. The van der Waals surface area contributed by atoms with E-state index in [0.29, 0.717) is 23.2 Å². The normalized spacial score (nSPS) is 16.9. The molecule has 1 fully saturated rings. The summed E-state index contributed by atoms with van der Waals surface area (Å²) in [6, 6.07) is 16.3. The fraction of sp³-hybridized carbons (Fsp3) is 0.387. The smallest absolute Gasteiger partial charge is 0.407 e. The van der Waals surface area contributed by atoms with Crippen LogP contribution in [0.5, 0.6) is 17.2 Å². The van der Waals surface area contributed by atoms with E-state index < -0.39 is 5.60 Å². The highest BCUT2D eigenvalue weighted by molar-refractivity contribution is 5.68. The number of nitrogens with zero attached hydrogens (tertiary/aromatic N) is 4. The topological polar surface area (TPSA) is 121 Å². The third-order valence-corrected chi connectivity index (χ3v) is 6.85. The lowest BCUT2D eigenvalue weighted by atomic mass is 9.78. The summed E-state index contributed by atoms with van der Waals surface area (Å²) in [6.45, 7) is 11.6. The Hall–Kier alpha value is -4.47. The zero-order valence-electron chi connectivity index (χ0n) is 24.2. The zero-order chi connectivity index (χ0) is 29.2. The van der Waals surface area contributed by atoms with Crippen molar-refractivity contribution in [1.82, 2.24) is 25.5 Å². The molecule has 1 aliphatic carbocycles. The number of amides is 1. The lowest BCUT2D eigenvalue weighted by Crippen LogP contribution is -2.50. The van der Waals surface area contributed by atoms with E-state index in [1.54, 1.807) is 19.3 Å². The largest absolute Gasteiger partial charge is 0.490 e. The van der Waals surface area contributed by atoms with Crippen LogP contribution in [-0.4, -0.2) is 44.0 Å². The molecule has 4 aromatic rings. The third kappa shape index (κ3) is 7.00. The van der Waals surface area contributed by atoms with E-state index >= 15 is 0 Å². The van der Waals surface area contributed by atoms with Crippen LogP contribution in [0.15, 0.2) is 65.3 Å². The summed E-state index contributed by atoms with van der Waals surface area (Å²) in [5.74, 6) is 3.07. The van der Waals surface area contributed by atoms with Crippen LogP contribution in [0.1, 0.15) is 64.5 Å². The lowest BCUT2D eigenvalue weighted by Gasteiger charge is -2.36. The second-order valence-electron chi connectivity index (χ2n) is 11.7. The molecule has 10 heteroatoms. The molecule has 2 aromatic heterocycles. The zero-order valence-corrected chi connectivity index (χ0v) is 24.2. The van der Waals surface area contributed by atoms with E-state index in [2.05, 4.69) is 63.6 Å². The average molecular weight is 558 g/mol. The summed E-state index contributed by atoms with van der Waals surface area (Å²) in [7, 11) is 0. The van der Waals surface area contributed by atoms with Crippen molar-refractivity contribution in [3.05, 3.63) is 77.9 Å². The number of rotatable bonds is 8. The van der Waals surface area contributed by atoms with Gasteiger partial charge in [-0.3, -0.25) is 0 Å². The van der Waals surface area contributed by atoms with E-state index in [-0.39, 0.29) is 29.5 Å². The van der Waals surface area contributed by atoms with Crippen LogP contribution in [0.4, 0.5) is 4.79 Å². The first-order valence-electron chi connectivity index (χ1n) is 13.6. The minimum absolute atomic E-state index is 0.0750. The minimum atomic E-state index is -0.505. The molecule has 0 bridgehead atoms. The van der Waals surface area contributed by atoms with E-state index in [9.17, 15) is 4.79 Å². The molecule has 1 amide bonds. The molecular formula is C31H35N5O5. The predicted octanol–water partition coefficient (Wildman–Crippen LogP) is 6.39.